The summed E-state index contributed by atoms with van der Waals surface area (Å²) in [6.45, 7) is 4.98. The first-order chi connectivity index (χ1) is 19.3. The third-order valence-electron chi connectivity index (χ3n) is 7.58. The van der Waals surface area contributed by atoms with Gasteiger partial charge in [0.1, 0.15) is 0 Å². The van der Waals surface area contributed by atoms with Gasteiger partial charge in [-0.15, -0.1) is 0 Å². The average Bonchev–Trinajstić information content (AvgIpc) is 2.97. The minimum absolute atomic E-state index is 0.0352. The monoisotopic (exact) mass is 553 g/mol. The van der Waals surface area contributed by atoms with Crippen LogP contribution in [0.25, 0.3) is 0 Å². The van der Waals surface area contributed by atoms with Gasteiger partial charge in [0.2, 0.25) is 10.0 Å². The van der Waals surface area contributed by atoms with Gasteiger partial charge in [-0.1, -0.05) is 84.9 Å². The number of benzene rings is 4. The molecule has 0 N–H and O–H groups in total. The minimum Gasteiger partial charge on any atom is -0.336 e. The van der Waals surface area contributed by atoms with E-state index in [4.69, 9.17) is 0 Å². The first-order valence-corrected chi connectivity index (χ1v) is 15.4. The van der Waals surface area contributed by atoms with E-state index < -0.39 is 10.0 Å². The zero-order chi connectivity index (χ0) is 28.1. The molecule has 0 atom stereocenters. The second-order valence-corrected chi connectivity index (χ2v) is 12.2. The normalized spacial score (nSPS) is 14.3. The molecule has 0 unspecified atom stereocenters. The molecule has 40 heavy (non-hydrogen) atoms. The van der Waals surface area contributed by atoms with Gasteiger partial charge in [-0.2, -0.15) is 0 Å². The summed E-state index contributed by atoms with van der Waals surface area (Å²) in [6.07, 6.45) is 1.21. The standard InChI is InChI=1S/C33H35N3O3S/c1-26-11-9-10-16-30(26)25-36(40(2,38)39)31-19-17-29(18-20-31)33(37)35-23-21-34(22-24-35)32(27-12-5-3-6-13-27)28-14-7-4-8-15-28/h3-20,32H,21-25H2,1-2H3. The van der Waals surface area contributed by atoms with Crippen LogP contribution in [0.2, 0.25) is 0 Å². The van der Waals surface area contributed by atoms with Gasteiger partial charge in [0.05, 0.1) is 24.5 Å². The topological polar surface area (TPSA) is 60.9 Å². The summed E-state index contributed by atoms with van der Waals surface area (Å²) in [7, 11) is -3.51. The Morgan fingerprint density at radius 1 is 0.750 bits per heavy atom. The van der Waals surface area contributed by atoms with Gasteiger partial charge >= 0.3 is 0 Å². The van der Waals surface area contributed by atoms with Crippen LogP contribution in [0.1, 0.15) is 38.7 Å². The molecule has 1 heterocycles. The predicted octanol–water partition coefficient (Wildman–Crippen LogP) is 5.51. The fourth-order valence-corrected chi connectivity index (χ4v) is 6.24. The van der Waals surface area contributed by atoms with E-state index in [1.165, 1.54) is 21.7 Å². The Bertz CT molecular complexity index is 1490. The lowest BCUT2D eigenvalue weighted by Gasteiger charge is -2.39. The highest BCUT2D eigenvalue weighted by Gasteiger charge is 2.29. The smallest absolute Gasteiger partial charge is 0.253 e. The van der Waals surface area contributed by atoms with E-state index in [2.05, 4.69) is 53.4 Å². The number of anilines is 1. The van der Waals surface area contributed by atoms with Gasteiger partial charge in [0.25, 0.3) is 5.91 Å². The first kappa shape index (κ1) is 27.6. The van der Waals surface area contributed by atoms with Gasteiger partial charge in [-0.25, -0.2) is 8.42 Å². The van der Waals surface area contributed by atoms with Crippen molar-refractivity contribution in [3.05, 3.63) is 137 Å². The number of carbonyl (C=O) groups excluding carboxylic acids is 1. The largest absolute Gasteiger partial charge is 0.336 e. The number of rotatable bonds is 8. The molecule has 4 aromatic rings. The maximum atomic E-state index is 13.4. The van der Waals surface area contributed by atoms with Crippen molar-refractivity contribution in [1.82, 2.24) is 9.80 Å². The third-order valence-corrected chi connectivity index (χ3v) is 8.72. The second kappa shape index (κ2) is 12.1. The van der Waals surface area contributed by atoms with Gasteiger partial charge in [0, 0.05) is 31.7 Å². The Kier molecular flexibility index (Phi) is 8.33. The van der Waals surface area contributed by atoms with Crippen molar-refractivity contribution >= 4 is 21.6 Å². The van der Waals surface area contributed by atoms with Crippen molar-refractivity contribution in [3.8, 4) is 0 Å². The predicted molar refractivity (Wildman–Crippen MR) is 161 cm³/mol. The number of hydrogen-bond acceptors (Lipinski definition) is 4. The molecule has 5 rings (SSSR count). The van der Waals surface area contributed by atoms with Crippen molar-refractivity contribution in [2.24, 2.45) is 0 Å². The van der Waals surface area contributed by atoms with Crippen LogP contribution in [0.15, 0.2) is 109 Å². The number of carbonyl (C=O) groups is 1. The van der Waals surface area contributed by atoms with Crippen LogP contribution < -0.4 is 4.31 Å². The third kappa shape index (κ3) is 6.27. The van der Waals surface area contributed by atoms with Crippen LogP contribution in [-0.2, 0) is 16.6 Å². The van der Waals surface area contributed by atoms with Crippen LogP contribution in [0, 0.1) is 6.92 Å². The van der Waals surface area contributed by atoms with E-state index >= 15 is 0 Å². The van der Waals surface area contributed by atoms with Crippen LogP contribution in [0.3, 0.4) is 0 Å². The molecular formula is C33H35N3O3S. The quantitative estimate of drug-likeness (QED) is 0.289. The highest BCUT2D eigenvalue weighted by Crippen LogP contribution is 2.30. The molecular weight excluding hydrogens is 518 g/mol. The van der Waals surface area contributed by atoms with E-state index in [0.29, 0.717) is 24.3 Å². The number of nitrogens with zero attached hydrogens (tertiary/aromatic N) is 3. The van der Waals surface area contributed by atoms with E-state index in [1.807, 2.05) is 48.2 Å². The molecule has 0 radical (unpaired) electrons. The molecule has 4 aromatic carbocycles. The molecule has 7 heteroatoms. The number of hydrogen-bond donors (Lipinski definition) is 0. The second-order valence-electron chi connectivity index (χ2n) is 10.3. The van der Waals surface area contributed by atoms with Gasteiger partial charge in [-0.3, -0.25) is 14.0 Å². The Hall–Kier alpha value is -3.94. The van der Waals surface area contributed by atoms with Crippen molar-refractivity contribution < 1.29 is 13.2 Å². The van der Waals surface area contributed by atoms with E-state index in [-0.39, 0.29) is 18.5 Å². The van der Waals surface area contributed by atoms with Crippen LogP contribution >= 0.6 is 0 Å². The summed E-state index contributed by atoms with van der Waals surface area (Å²) in [5.74, 6) is -0.0352. The van der Waals surface area contributed by atoms with Gasteiger partial charge < -0.3 is 4.90 Å². The van der Waals surface area contributed by atoms with E-state index in [9.17, 15) is 13.2 Å². The molecule has 1 amide bonds. The van der Waals surface area contributed by atoms with Crippen LogP contribution in [-0.4, -0.2) is 56.6 Å². The molecule has 6 nitrogen and oxygen atoms in total. The molecule has 0 saturated carbocycles. The maximum Gasteiger partial charge on any atom is 0.253 e. The summed E-state index contributed by atoms with van der Waals surface area (Å²) in [6, 6.07) is 35.8. The molecule has 206 valence electrons. The van der Waals surface area contributed by atoms with Gasteiger partial charge in [0.15, 0.2) is 0 Å². The van der Waals surface area contributed by atoms with E-state index in [0.717, 1.165) is 24.2 Å². The SMILES string of the molecule is Cc1ccccc1CN(c1ccc(C(=O)N2CCN(C(c3ccccc3)c3ccccc3)CC2)cc1)S(C)(=O)=O. The highest BCUT2D eigenvalue weighted by molar-refractivity contribution is 7.92. The Labute approximate surface area is 237 Å². The molecule has 0 spiro atoms. The average molecular weight is 554 g/mol. The molecule has 0 aliphatic carbocycles. The molecule has 1 fully saturated rings. The van der Waals surface area contributed by atoms with Gasteiger partial charge in [-0.05, 0) is 53.4 Å². The Balaban J connectivity index is 1.28. The fraction of sp³-hybridized carbons (Fsp3) is 0.242. The molecule has 0 bridgehead atoms. The Morgan fingerprint density at radius 2 is 1.27 bits per heavy atom. The van der Waals surface area contributed by atoms with Crippen LogP contribution in [0.5, 0.6) is 0 Å². The number of amides is 1. The lowest BCUT2D eigenvalue weighted by molar-refractivity contribution is 0.0597. The lowest BCUT2D eigenvalue weighted by Crippen LogP contribution is -2.49. The summed E-state index contributed by atoms with van der Waals surface area (Å²) < 4.78 is 26.7. The number of aryl methyl sites for hydroxylation is 1. The zero-order valence-electron chi connectivity index (χ0n) is 23.0. The first-order valence-electron chi connectivity index (χ1n) is 13.6. The van der Waals surface area contributed by atoms with Crippen molar-refractivity contribution in [2.75, 3.05) is 36.7 Å². The minimum atomic E-state index is -3.51. The van der Waals surface area contributed by atoms with Crippen molar-refractivity contribution in [1.29, 1.82) is 0 Å². The Morgan fingerprint density at radius 3 is 1.80 bits per heavy atom. The van der Waals surface area contributed by atoms with Crippen LogP contribution in [0.4, 0.5) is 5.69 Å². The number of sulfonamides is 1. The molecule has 1 aliphatic rings. The number of piperazine rings is 1. The maximum absolute atomic E-state index is 13.4. The van der Waals surface area contributed by atoms with E-state index in [1.54, 1.807) is 24.3 Å². The summed E-state index contributed by atoms with van der Waals surface area (Å²) >= 11 is 0. The summed E-state index contributed by atoms with van der Waals surface area (Å²) in [5, 5.41) is 0. The van der Waals surface area contributed by atoms with Crippen molar-refractivity contribution in [3.63, 3.8) is 0 Å². The van der Waals surface area contributed by atoms with Crippen molar-refractivity contribution in [2.45, 2.75) is 19.5 Å². The molecule has 1 saturated heterocycles. The fourth-order valence-electron chi connectivity index (χ4n) is 5.36. The summed E-state index contributed by atoms with van der Waals surface area (Å²) in [5.41, 5.74) is 5.55. The molecule has 0 aromatic heterocycles. The zero-order valence-corrected chi connectivity index (χ0v) is 23.8. The molecule has 1 aliphatic heterocycles. The lowest BCUT2D eigenvalue weighted by atomic mass is 9.96. The highest BCUT2D eigenvalue weighted by atomic mass is 32.2. The summed E-state index contributed by atoms with van der Waals surface area (Å²) in [4.78, 5) is 17.7.